The molecular weight excluding hydrogens is 206 g/mol. The van der Waals surface area contributed by atoms with E-state index in [0.717, 1.165) is 41.7 Å². The van der Waals surface area contributed by atoms with Gasteiger partial charge in [-0.3, -0.25) is 0 Å². The van der Waals surface area contributed by atoms with Crippen LogP contribution in [-0.4, -0.2) is 12.1 Å². The van der Waals surface area contributed by atoms with Gasteiger partial charge < -0.3 is 5.32 Å². The molecule has 17 heavy (non-hydrogen) atoms. The lowest BCUT2D eigenvalue weighted by atomic mass is 9.64. The number of piperidine rings is 1. The molecule has 2 aliphatic carbocycles. The van der Waals surface area contributed by atoms with Crippen LogP contribution in [0.5, 0.6) is 0 Å². The van der Waals surface area contributed by atoms with Crippen molar-refractivity contribution in [1.82, 2.24) is 5.32 Å². The zero-order chi connectivity index (χ0) is 12.0. The summed E-state index contributed by atoms with van der Waals surface area (Å²) in [5.41, 5.74) is 0. The topological polar surface area (TPSA) is 12.0 Å². The lowest BCUT2D eigenvalue weighted by molar-refractivity contribution is 0.0460. The minimum absolute atomic E-state index is 0.857. The highest BCUT2D eigenvalue weighted by atomic mass is 15.0. The van der Waals surface area contributed by atoms with Crippen LogP contribution in [0.4, 0.5) is 0 Å². The summed E-state index contributed by atoms with van der Waals surface area (Å²) in [5, 5.41) is 4.03. The predicted octanol–water partition coefficient (Wildman–Crippen LogP) is 3.84. The van der Waals surface area contributed by atoms with Gasteiger partial charge in [-0.25, -0.2) is 0 Å². The largest absolute Gasteiger partial charge is 0.311 e. The maximum absolute atomic E-state index is 4.03. The summed E-state index contributed by atoms with van der Waals surface area (Å²) >= 11 is 0. The molecule has 98 valence electrons. The van der Waals surface area contributed by atoms with Crippen LogP contribution in [0.25, 0.3) is 0 Å². The summed E-state index contributed by atoms with van der Waals surface area (Å²) in [4.78, 5) is 0. The minimum Gasteiger partial charge on any atom is -0.311 e. The first-order valence-electron chi connectivity index (χ1n) is 7.89. The summed E-state index contributed by atoms with van der Waals surface area (Å²) in [6.45, 7) is 7.38. The van der Waals surface area contributed by atoms with E-state index >= 15 is 0 Å². The van der Waals surface area contributed by atoms with E-state index in [1.807, 2.05) is 0 Å². The first-order valence-corrected chi connectivity index (χ1v) is 7.89. The molecule has 1 heteroatoms. The molecule has 1 nitrogen and oxygen atoms in total. The molecule has 0 radical (unpaired) electrons. The first-order chi connectivity index (χ1) is 8.13. The van der Waals surface area contributed by atoms with Crippen LogP contribution >= 0.6 is 0 Å². The third kappa shape index (κ3) is 2.28. The third-order valence-electron chi connectivity index (χ3n) is 6.12. The standard InChI is InChI=1S/C16H29N/c1-10-4-5-15-13(6-10)9-14-7-11(2)12(3)8-16(14)17-15/h10-17H,4-9H2,1-3H3. The van der Waals surface area contributed by atoms with Crippen LogP contribution in [0.15, 0.2) is 0 Å². The van der Waals surface area contributed by atoms with Gasteiger partial charge in [0.25, 0.3) is 0 Å². The Morgan fingerprint density at radius 1 is 0.706 bits per heavy atom. The molecule has 3 fully saturated rings. The molecule has 0 aromatic carbocycles. The maximum atomic E-state index is 4.03. The van der Waals surface area contributed by atoms with Gasteiger partial charge in [0.2, 0.25) is 0 Å². The molecule has 0 amide bonds. The van der Waals surface area contributed by atoms with E-state index in [2.05, 4.69) is 26.1 Å². The summed E-state index contributed by atoms with van der Waals surface area (Å²) in [5.74, 6) is 4.86. The molecule has 1 aliphatic heterocycles. The lowest BCUT2D eigenvalue weighted by Crippen LogP contribution is -2.56. The van der Waals surface area contributed by atoms with Crippen molar-refractivity contribution in [3.05, 3.63) is 0 Å². The van der Waals surface area contributed by atoms with Gasteiger partial charge in [-0.1, -0.05) is 20.8 Å². The third-order valence-corrected chi connectivity index (χ3v) is 6.12. The lowest BCUT2D eigenvalue weighted by Gasteiger charge is -2.50. The second-order valence-corrected chi connectivity index (χ2v) is 7.48. The fourth-order valence-electron chi connectivity index (χ4n) is 4.81. The van der Waals surface area contributed by atoms with E-state index in [4.69, 9.17) is 0 Å². The van der Waals surface area contributed by atoms with Gasteiger partial charge in [-0.2, -0.15) is 0 Å². The molecule has 1 saturated heterocycles. The molecule has 1 N–H and O–H groups in total. The number of hydrogen-bond acceptors (Lipinski definition) is 1. The Labute approximate surface area is 107 Å². The van der Waals surface area contributed by atoms with Crippen molar-refractivity contribution in [1.29, 1.82) is 0 Å². The molecule has 7 atom stereocenters. The predicted molar refractivity (Wildman–Crippen MR) is 72.9 cm³/mol. The van der Waals surface area contributed by atoms with Crippen molar-refractivity contribution in [3.8, 4) is 0 Å². The SMILES string of the molecule is CC1CCC2NC3CC(C)C(C)CC3CC2C1. The molecule has 7 unspecified atom stereocenters. The quantitative estimate of drug-likeness (QED) is 0.673. The highest BCUT2D eigenvalue weighted by molar-refractivity contribution is 4.98. The Morgan fingerprint density at radius 2 is 1.41 bits per heavy atom. The number of nitrogens with one attached hydrogen (secondary N) is 1. The first kappa shape index (κ1) is 12.0. The van der Waals surface area contributed by atoms with Crippen LogP contribution in [0.1, 0.15) is 59.3 Å². The molecule has 1 heterocycles. The molecule has 2 saturated carbocycles. The smallest absolute Gasteiger partial charge is 0.0101 e. The van der Waals surface area contributed by atoms with Crippen molar-refractivity contribution in [2.75, 3.05) is 0 Å². The van der Waals surface area contributed by atoms with Gasteiger partial charge in [-0.15, -0.1) is 0 Å². The van der Waals surface area contributed by atoms with Gasteiger partial charge in [-0.05, 0) is 68.1 Å². The van der Waals surface area contributed by atoms with Gasteiger partial charge in [0.1, 0.15) is 0 Å². The van der Waals surface area contributed by atoms with Gasteiger partial charge in [0.15, 0.2) is 0 Å². The van der Waals surface area contributed by atoms with Crippen LogP contribution < -0.4 is 5.32 Å². The van der Waals surface area contributed by atoms with Crippen LogP contribution in [0, 0.1) is 29.6 Å². The highest BCUT2D eigenvalue weighted by Crippen LogP contribution is 2.44. The summed E-state index contributed by atoms with van der Waals surface area (Å²) in [7, 11) is 0. The Bertz CT molecular complexity index is 275. The molecule has 0 spiro atoms. The van der Waals surface area contributed by atoms with Crippen LogP contribution in [-0.2, 0) is 0 Å². The molecular formula is C16H29N. The Morgan fingerprint density at radius 3 is 2.24 bits per heavy atom. The van der Waals surface area contributed by atoms with E-state index in [1.165, 1.54) is 38.5 Å². The normalized spacial score (nSPS) is 54.9. The maximum Gasteiger partial charge on any atom is 0.0101 e. The van der Waals surface area contributed by atoms with E-state index < -0.39 is 0 Å². The Balaban J connectivity index is 1.68. The molecule has 0 bridgehead atoms. The number of fused-ring (bicyclic) bond motifs is 2. The van der Waals surface area contributed by atoms with Crippen molar-refractivity contribution in [2.24, 2.45) is 29.6 Å². The van der Waals surface area contributed by atoms with Crippen molar-refractivity contribution in [2.45, 2.75) is 71.4 Å². The average molecular weight is 235 g/mol. The monoisotopic (exact) mass is 235 g/mol. The second-order valence-electron chi connectivity index (χ2n) is 7.48. The fraction of sp³-hybridized carbons (Fsp3) is 1.00. The van der Waals surface area contributed by atoms with Gasteiger partial charge in [0.05, 0.1) is 0 Å². The summed E-state index contributed by atoms with van der Waals surface area (Å²) in [6.07, 6.45) is 8.84. The molecule has 3 aliphatic rings. The fourth-order valence-corrected chi connectivity index (χ4v) is 4.81. The molecule has 0 aromatic heterocycles. The summed E-state index contributed by atoms with van der Waals surface area (Å²) in [6, 6.07) is 1.73. The molecule has 3 rings (SSSR count). The Hall–Kier alpha value is -0.0400. The van der Waals surface area contributed by atoms with E-state index in [0.29, 0.717) is 0 Å². The van der Waals surface area contributed by atoms with Gasteiger partial charge in [0, 0.05) is 12.1 Å². The average Bonchev–Trinajstić information content (AvgIpc) is 2.28. The van der Waals surface area contributed by atoms with E-state index in [-0.39, 0.29) is 0 Å². The summed E-state index contributed by atoms with van der Waals surface area (Å²) < 4.78 is 0. The second kappa shape index (κ2) is 4.57. The zero-order valence-corrected chi connectivity index (χ0v) is 11.8. The highest BCUT2D eigenvalue weighted by Gasteiger charge is 2.42. The molecule has 0 aromatic rings. The number of hydrogen-bond donors (Lipinski definition) is 1. The van der Waals surface area contributed by atoms with Gasteiger partial charge >= 0.3 is 0 Å². The van der Waals surface area contributed by atoms with Crippen LogP contribution in [0.3, 0.4) is 0 Å². The van der Waals surface area contributed by atoms with Crippen molar-refractivity contribution in [3.63, 3.8) is 0 Å². The number of rotatable bonds is 0. The van der Waals surface area contributed by atoms with Crippen molar-refractivity contribution < 1.29 is 0 Å². The van der Waals surface area contributed by atoms with E-state index in [9.17, 15) is 0 Å². The van der Waals surface area contributed by atoms with E-state index in [1.54, 1.807) is 0 Å². The van der Waals surface area contributed by atoms with Crippen LogP contribution in [0.2, 0.25) is 0 Å². The van der Waals surface area contributed by atoms with Crippen molar-refractivity contribution >= 4 is 0 Å². The Kier molecular flexibility index (Phi) is 3.23. The zero-order valence-electron chi connectivity index (χ0n) is 11.8. The minimum atomic E-state index is 0.857.